The van der Waals surface area contributed by atoms with Crippen LogP contribution in [0.15, 0.2) is 12.8 Å². The average Bonchev–Trinajstić information content (AvgIpc) is 2.14. The third-order valence-electron chi connectivity index (χ3n) is 2.20. The van der Waals surface area contributed by atoms with Gasteiger partial charge in [0.15, 0.2) is 0 Å². The number of ether oxygens (including phenoxy) is 1. The molecule has 1 unspecified atom stereocenters. The summed E-state index contributed by atoms with van der Waals surface area (Å²) in [5.74, 6) is 0.0142. The fraction of sp³-hybridized carbons (Fsp3) is 0.769. The summed E-state index contributed by atoms with van der Waals surface area (Å²) in [7, 11) is 0. The number of carbonyl (C=O) groups is 1. The Morgan fingerprint density at radius 1 is 1.53 bits per heavy atom. The zero-order valence-corrected chi connectivity index (χ0v) is 11.3. The van der Waals surface area contributed by atoms with Crippen LogP contribution in [0, 0.1) is 5.41 Å². The van der Waals surface area contributed by atoms with E-state index in [0.29, 0.717) is 19.6 Å². The van der Waals surface area contributed by atoms with Gasteiger partial charge in [0, 0.05) is 19.0 Å². The Morgan fingerprint density at radius 3 is 2.71 bits per heavy atom. The maximum absolute atomic E-state index is 11.5. The molecule has 0 spiro atoms. The van der Waals surface area contributed by atoms with Crippen molar-refractivity contribution in [3.05, 3.63) is 12.8 Å². The molecule has 0 aliphatic rings. The van der Waals surface area contributed by atoms with Crippen LogP contribution in [0.4, 0.5) is 0 Å². The highest BCUT2D eigenvalue weighted by Crippen LogP contribution is 2.20. The minimum absolute atomic E-state index is 0.0142. The zero-order chi connectivity index (χ0) is 13.3. The van der Waals surface area contributed by atoms with Gasteiger partial charge in [-0.3, -0.25) is 4.79 Å². The van der Waals surface area contributed by atoms with Crippen LogP contribution < -0.4 is 11.1 Å². The molecule has 17 heavy (non-hydrogen) atoms. The van der Waals surface area contributed by atoms with Crippen LogP contribution in [-0.2, 0) is 9.53 Å². The second-order valence-corrected chi connectivity index (χ2v) is 5.47. The minimum Gasteiger partial charge on any atom is -0.502 e. The smallest absolute Gasteiger partial charge is 0.221 e. The average molecular weight is 242 g/mol. The van der Waals surface area contributed by atoms with E-state index < -0.39 is 0 Å². The first-order chi connectivity index (χ1) is 7.85. The van der Waals surface area contributed by atoms with Crippen LogP contribution in [-0.4, -0.2) is 25.1 Å². The van der Waals surface area contributed by atoms with Gasteiger partial charge in [-0.15, -0.1) is 0 Å². The summed E-state index contributed by atoms with van der Waals surface area (Å²) in [4.78, 5) is 11.5. The van der Waals surface area contributed by atoms with E-state index in [0.717, 1.165) is 12.8 Å². The molecule has 0 aliphatic carbocycles. The second-order valence-electron chi connectivity index (χ2n) is 5.47. The predicted molar refractivity (Wildman–Crippen MR) is 70.4 cm³/mol. The molecule has 0 aromatic rings. The molecule has 0 fully saturated rings. The van der Waals surface area contributed by atoms with Crippen molar-refractivity contribution >= 4 is 5.91 Å². The molecule has 0 saturated carbocycles. The van der Waals surface area contributed by atoms with Crippen LogP contribution in [0.2, 0.25) is 0 Å². The summed E-state index contributed by atoms with van der Waals surface area (Å²) in [6, 6.07) is -0.0700. The summed E-state index contributed by atoms with van der Waals surface area (Å²) in [5.41, 5.74) is 6.08. The summed E-state index contributed by atoms with van der Waals surface area (Å²) in [6.07, 6.45) is 3.42. The van der Waals surface area contributed by atoms with Gasteiger partial charge in [0.1, 0.15) is 0 Å². The molecular formula is C13H26N2O2. The zero-order valence-electron chi connectivity index (χ0n) is 11.3. The Labute approximate surface area is 105 Å². The van der Waals surface area contributed by atoms with Gasteiger partial charge in [-0.05, 0) is 18.3 Å². The highest BCUT2D eigenvalue weighted by molar-refractivity contribution is 5.76. The van der Waals surface area contributed by atoms with Crippen LogP contribution >= 0.6 is 0 Å². The van der Waals surface area contributed by atoms with Crippen LogP contribution in [0.1, 0.15) is 40.0 Å². The molecule has 1 atom stereocenters. The molecule has 0 aliphatic heterocycles. The Hall–Kier alpha value is -1.03. The van der Waals surface area contributed by atoms with Crippen molar-refractivity contribution in [3.63, 3.8) is 0 Å². The SMILES string of the molecule is C=COCCCNC(=O)CC(N)CC(C)(C)C. The summed E-state index contributed by atoms with van der Waals surface area (Å²) < 4.78 is 4.95. The lowest BCUT2D eigenvalue weighted by molar-refractivity contribution is -0.121. The molecule has 0 saturated heterocycles. The van der Waals surface area contributed by atoms with E-state index in [1.807, 2.05) is 0 Å². The molecule has 3 N–H and O–H groups in total. The molecule has 0 radical (unpaired) electrons. The number of amides is 1. The van der Waals surface area contributed by atoms with E-state index in [2.05, 4.69) is 32.7 Å². The Kier molecular flexibility index (Phi) is 7.63. The van der Waals surface area contributed by atoms with Gasteiger partial charge in [-0.1, -0.05) is 27.4 Å². The standard InChI is InChI=1S/C13H26N2O2/c1-5-17-8-6-7-15-12(16)9-11(14)10-13(2,3)4/h5,11H,1,6-10,14H2,2-4H3,(H,15,16). The first-order valence-corrected chi connectivity index (χ1v) is 6.10. The van der Waals surface area contributed by atoms with Crippen molar-refractivity contribution in [3.8, 4) is 0 Å². The third kappa shape index (κ3) is 11.2. The first-order valence-electron chi connectivity index (χ1n) is 6.10. The number of rotatable bonds is 8. The van der Waals surface area contributed by atoms with E-state index in [4.69, 9.17) is 10.5 Å². The molecule has 4 nitrogen and oxygen atoms in total. The van der Waals surface area contributed by atoms with Crippen LogP contribution in [0.5, 0.6) is 0 Å². The van der Waals surface area contributed by atoms with Crippen molar-refractivity contribution in [2.24, 2.45) is 11.1 Å². The number of carbonyl (C=O) groups excluding carboxylic acids is 1. The van der Waals surface area contributed by atoms with Gasteiger partial charge < -0.3 is 15.8 Å². The fourth-order valence-corrected chi connectivity index (χ4v) is 1.64. The molecule has 0 rings (SSSR count). The topological polar surface area (TPSA) is 64.3 Å². The Bertz CT molecular complexity index is 234. The maximum atomic E-state index is 11.5. The van der Waals surface area contributed by atoms with Crippen LogP contribution in [0.25, 0.3) is 0 Å². The number of hydrogen-bond acceptors (Lipinski definition) is 3. The van der Waals surface area contributed by atoms with Gasteiger partial charge in [0.2, 0.25) is 5.91 Å². The lowest BCUT2D eigenvalue weighted by Gasteiger charge is -2.22. The van der Waals surface area contributed by atoms with Crippen molar-refractivity contribution < 1.29 is 9.53 Å². The molecule has 0 heterocycles. The molecule has 0 aromatic heterocycles. The molecular weight excluding hydrogens is 216 g/mol. The van der Waals surface area contributed by atoms with Crippen molar-refractivity contribution in [1.29, 1.82) is 0 Å². The third-order valence-corrected chi connectivity index (χ3v) is 2.20. The summed E-state index contributed by atoms with van der Waals surface area (Å²) in [6.45, 7) is 11.0. The molecule has 0 aromatic carbocycles. The normalized spacial score (nSPS) is 12.9. The van der Waals surface area contributed by atoms with Gasteiger partial charge in [-0.25, -0.2) is 0 Å². The quantitative estimate of drug-likeness (QED) is 0.504. The fourth-order valence-electron chi connectivity index (χ4n) is 1.64. The second kappa shape index (κ2) is 8.12. The molecule has 4 heteroatoms. The van der Waals surface area contributed by atoms with Crippen molar-refractivity contribution in [1.82, 2.24) is 5.32 Å². The van der Waals surface area contributed by atoms with E-state index in [1.54, 1.807) is 0 Å². The van der Waals surface area contributed by atoms with Gasteiger partial charge in [-0.2, -0.15) is 0 Å². The number of nitrogens with two attached hydrogens (primary N) is 1. The maximum Gasteiger partial charge on any atom is 0.221 e. The van der Waals surface area contributed by atoms with E-state index >= 15 is 0 Å². The Balaban J connectivity index is 3.61. The van der Waals surface area contributed by atoms with E-state index in [9.17, 15) is 4.79 Å². The lowest BCUT2D eigenvalue weighted by Crippen LogP contribution is -2.34. The van der Waals surface area contributed by atoms with E-state index in [-0.39, 0.29) is 17.4 Å². The van der Waals surface area contributed by atoms with Crippen molar-refractivity contribution in [2.75, 3.05) is 13.2 Å². The minimum atomic E-state index is -0.0700. The van der Waals surface area contributed by atoms with Crippen LogP contribution in [0.3, 0.4) is 0 Å². The molecule has 0 bridgehead atoms. The van der Waals surface area contributed by atoms with Crippen molar-refractivity contribution in [2.45, 2.75) is 46.1 Å². The van der Waals surface area contributed by atoms with Gasteiger partial charge in [0.05, 0.1) is 12.9 Å². The van der Waals surface area contributed by atoms with Gasteiger partial charge in [0.25, 0.3) is 0 Å². The summed E-state index contributed by atoms with van der Waals surface area (Å²) >= 11 is 0. The highest BCUT2D eigenvalue weighted by atomic mass is 16.5. The monoisotopic (exact) mass is 242 g/mol. The van der Waals surface area contributed by atoms with E-state index in [1.165, 1.54) is 6.26 Å². The summed E-state index contributed by atoms with van der Waals surface area (Å²) in [5, 5.41) is 2.82. The predicted octanol–water partition coefficient (Wildman–Crippen LogP) is 1.81. The lowest BCUT2D eigenvalue weighted by atomic mass is 9.87. The first kappa shape index (κ1) is 16.0. The Morgan fingerprint density at radius 2 is 2.18 bits per heavy atom. The highest BCUT2D eigenvalue weighted by Gasteiger charge is 2.17. The molecule has 1 amide bonds. The molecule has 100 valence electrons. The largest absolute Gasteiger partial charge is 0.502 e. The number of hydrogen-bond donors (Lipinski definition) is 2. The number of nitrogens with one attached hydrogen (secondary N) is 1. The van der Waals surface area contributed by atoms with Gasteiger partial charge >= 0.3 is 0 Å².